The summed E-state index contributed by atoms with van der Waals surface area (Å²) in [6.45, 7) is 2.16. The Balaban J connectivity index is 1.92. The minimum absolute atomic E-state index is 1.06. The summed E-state index contributed by atoms with van der Waals surface area (Å²) in [6.07, 6.45) is 1.06. The van der Waals surface area contributed by atoms with Gasteiger partial charge in [0.05, 0.1) is 0 Å². The van der Waals surface area contributed by atoms with E-state index < -0.39 is 0 Å². The Bertz CT molecular complexity index is 1070. The van der Waals surface area contributed by atoms with Crippen LogP contribution in [0.2, 0.25) is 0 Å². The highest BCUT2D eigenvalue weighted by Crippen LogP contribution is 2.41. The van der Waals surface area contributed by atoms with Crippen molar-refractivity contribution >= 4 is 21.8 Å². The van der Waals surface area contributed by atoms with Gasteiger partial charge in [0.15, 0.2) is 0 Å². The summed E-state index contributed by atoms with van der Waals surface area (Å²) < 4.78 is 2.33. The highest BCUT2D eigenvalue weighted by Gasteiger charge is 2.20. The average molecular weight is 283 g/mol. The normalized spacial score (nSPS) is 12.8. The number of hydrogen-bond donors (Lipinski definition) is 0. The molecule has 3 aromatic carbocycles. The van der Waals surface area contributed by atoms with Crippen LogP contribution in [0.3, 0.4) is 0 Å². The van der Waals surface area contributed by atoms with Gasteiger partial charge in [-0.1, -0.05) is 36.4 Å². The molecule has 1 nitrogen and oxygen atoms in total. The lowest BCUT2D eigenvalue weighted by Gasteiger charge is -2.03. The van der Waals surface area contributed by atoms with Crippen molar-refractivity contribution in [2.24, 2.45) is 7.05 Å². The molecule has 1 heteroatoms. The number of fused-ring (bicyclic) bond motifs is 6. The molecular weight excluding hydrogens is 266 g/mol. The van der Waals surface area contributed by atoms with Crippen molar-refractivity contribution < 1.29 is 0 Å². The fraction of sp³-hybridized carbons (Fsp3) is 0.143. The standard InChI is InChI=1S/C21H17N/c1-13-7-8-17-19-12-18-15(10-14-5-3-4-6-16(14)18)11-21(19)22(2)20(17)9-13/h3-9,11-12H,10H2,1-2H3. The third kappa shape index (κ3) is 1.43. The van der Waals surface area contributed by atoms with Gasteiger partial charge in [0.25, 0.3) is 0 Å². The maximum absolute atomic E-state index is 2.40. The van der Waals surface area contributed by atoms with Crippen LogP contribution in [0.5, 0.6) is 0 Å². The lowest BCUT2D eigenvalue weighted by atomic mass is 10.0. The summed E-state index contributed by atoms with van der Waals surface area (Å²) in [4.78, 5) is 0. The molecular formula is C21H17N. The number of nitrogens with zero attached hydrogens (tertiary/aromatic N) is 1. The SMILES string of the molecule is Cc1ccc2c3cc4c(cc3n(C)c2c1)Cc1ccccc1-4. The summed E-state index contributed by atoms with van der Waals surface area (Å²) in [7, 11) is 2.18. The zero-order valence-electron chi connectivity index (χ0n) is 12.9. The Morgan fingerprint density at radius 2 is 1.59 bits per heavy atom. The summed E-state index contributed by atoms with van der Waals surface area (Å²) in [6, 6.07) is 20.3. The molecule has 0 fully saturated rings. The molecule has 1 aliphatic carbocycles. The van der Waals surface area contributed by atoms with Crippen LogP contribution in [0.15, 0.2) is 54.6 Å². The average Bonchev–Trinajstić information content (AvgIpc) is 3.02. The van der Waals surface area contributed by atoms with Crippen molar-refractivity contribution in [2.75, 3.05) is 0 Å². The van der Waals surface area contributed by atoms with Crippen molar-refractivity contribution in [2.45, 2.75) is 13.3 Å². The highest BCUT2D eigenvalue weighted by atomic mass is 14.9. The quantitative estimate of drug-likeness (QED) is 0.367. The van der Waals surface area contributed by atoms with Crippen LogP contribution in [0.25, 0.3) is 32.9 Å². The Hall–Kier alpha value is -2.54. The van der Waals surface area contributed by atoms with E-state index in [1.165, 1.54) is 49.6 Å². The Morgan fingerprint density at radius 1 is 0.773 bits per heavy atom. The number of hydrogen-bond acceptors (Lipinski definition) is 0. The molecule has 1 aromatic heterocycles. The molecule has 5 rings (SSSR count). The number of rotatable bonds is 0. The summed E-state index contributed by atoms with van der Waals surface area (Å²) in [5.74, 6) is 0. The molecule has 0 amide bonds. The molecule has 0 unspecified atom stereocenters. The maximum atomic E-state index is 2.40. The number of aryl methyl sites for hydroxylation is 2. The van der Waals surface area contributed by atoms with Crippen molar-refractivity contribution in [3.63, 3.8) is 0 Å². The second-order valence-corrected chi connectivity index (χ2v) is 6.44. The zero-order chi connectivity index (χ0) is 14.8. The Morgan fingerprint density at radius 3 is 2.50 bits per heavy atom. The van der Waals surface area contributed by atoms with Crippen LogP contribution in [0, 0.1) is 6.92 Å². The predicted molar refractivity (Wildman–Crippen MR) is 93.4 cm³/mol. The third-order valence-corrected chi connectivity index (χ3v) is 5.08. The van der Waals surface area contributed by atoms with Crippen molar-refractivity contribution in [1.82, 2.24) is 4.57 Å². The first kappa shape index (κ1) is 12.0. The molecule has 1 aliphatic rings. The van der Waals surface area contributed by atoms with Crippen LogP contribution >= 0.6 is 0 Å². The molecule has 0 N–H and O–H groups in total. The van der Waals surface area contributed by atoms with E-state index in [0.717, 1.165) is 6.42 Å². The van der Waals surface area contributed by atoms with Gasteiger partial charge in [-0.2, -0.15) is 0 Å². The van der Waals surface area contributed by atoms with E-state index >= 15 is 0 Å². The first-order chi connectivity index (χ1) is 10.7. The lowest BCUT2D eigenvalue weighted by Crippen LogP contribution is -1.88. The molecule has 1 heterocycles. The van der Waals surface area contributed by atoms with Crippen molar-refractivity contribution in [3.05, 3.63) is 71.3 Å². The molecule has 0 spiro atoms. The molecule has 22 heavy (non-hydrogen) atoms. The fourth-order valence-electron chi connectivity index (χ4n) is 3.94. The molecule has 106 valence electrons. The van der Waals surface area contributed by atoms with Gasteiger partial charge in [0.2, 0.25) is 0 Å². The zero-order valence-corrected chi connectivity index (χ0v) is 12.9. The fourth-order valence-corrected chi connectivity index (χ4v) is 3.94. The van der Waals surface area contributed by atoms with Gasteiger partial charge in [-0.25, -0.2) is 0 Å². The highest BCUT2D eigenvalue weighted by molar-refractivity contribution is 6.10. The van der Waals surface area contributed by atoms with Crippen LogP contribution in [-0.4, -0.2) is 4.57 Å². The summed E-state index contributed by atoms with van der Waals surface area (Å²) >= 11 is 0. The largest absolute Gasteiger partial charge is 0.344 e. The number of aromatic nitrogens is 1. The third-order valence-electron chi connectivity index (χ3n) is 5.08. The number of benzene rings is 3. The molecule has 0 atom stereocenters. The van der Waals surface area contributed by atoms with Gasteiger partial charge < -0.3 is 4.57 Å². The molecule has 4 aromatic rings. The molecule has 0 aliphatic heterocycles. The lowest BCUT2D eigenvalue weighted by molar-refractivity contribution is 1.01. The van der Waals surface area contributed by atoms with E-state index in [4.69, 9.17) is 0 Å². The Kier molecular flexibility index (Phi) is 2.20. The van der Waals surface area contributed by atoms with E-state index in [-0.39, 0.29) is 0 Å². The van der Waals surface area contributed by atoms with E-state index in [1.54, 1.807) is 0 Å². The van der Waals surface area contributed by atoms with Gasteiger partial charge in [-0.15, -0.1) is 0 Å². The molecule has 0 radical (unpaired) electrons. The topological polar surface area (TPSA) is 4.93 Å². The van der Waals surface area contributed by atoms with Gasteiger partial charge in [-0.05, 0) is 59.4 Å². The molecule has 0 saturated carbocycles. The minimum atomic E-state index is 1.06. The van der Waals surface area contributed by atoms with E-state index in [2.05, 4.69) is 73.1 Å². The van der Waals surface area contributed by atoms with Crippen molar-refractivity contribution in [1.29, 1.82) is 0 Å². The van der Waals surface area contributed by atoms with E-state index in [0.29, 0.717) is 0 Å². The van der Waals surface area contributed by atoms with E-state index in [9.17, 15) is 0 Å². The predicted octanol–water partition coefficient (Wildman–Crippen LogP) is 5.21. The Labute approximate surface area is 129 Å². The smallest absolute Gasteiger partial charge is 0.0492 e. The van der Waals surface area contributed by atoms with Crippen LogP contribution < -0.4 is 0 Å². The van der Waals surface area contributed by atoms with Crippen LogP contribution in [-0.2, 0) is 13.5 Å². The first-order valence-electron chi connectivity index (χ1n) is 7.82. The molecule has 0 bridgehead atoms. The molecule has 0 saturated heterocycles. The first-order valence-corrected chi connectivity index (χ1v) is 7.82. The van der Waals surface area contributed by atoms with Gasteiger partial charge in [0, 0.05) is 28.9 Å². The van der Waals surface area contributed by atoms with Gasteiger partial charge in [0.1, 0.15) is 0 Å². The summed E-state index contributed by atoms with van der Waals surface area (Å²) in [5.41, 5.74) is 9.71. The summed E-state index contributed by atoms with van der Waals surface area (Å²) in [5, 5.41) is 2.73. The van der Waals surface area contributed by atoms with Gasteiger partial charge >= 0.3 is 0 Å². The van der Waals surface area contributed by atoms with Gasteiger partial charge in [-0.3, -0.25) is 0 Å². The minimum Gasteiger partial charge on any atom is -0.344 e. The maximum Gasteiger partial charge on any atom is 0.0492 e. The van der Waals surface area contributed by atoms with Crippen LogP contribution in [0.4, 0.5) is 0 Å². The van der Waals surface area contributed by atoms with Crippen molar-refractivity contribution in [3.8, 4) is 11.1 Å². The second-order valence-electron chi connectivity index (χ2n) is 6.44. The van der Waals surface area contributed by atoms with Crippen LogP contribution in [0.1, 0.15) is 16.7 Å². The van der Waals surface area contributed by atoms with E-state index in [1.807, 2.05) is 0 Å². The second kappa shape index (κ2) is 4.01. The monoisotopic (exact) mass is 283 g/mol.